The molecule has 0 aliphatic rings. The van der Waals surface area contributed by atoms with Crippen molar-refractivity contribution in [2.45, 2.75) is 85.0 Å². The van der Waals surface area contributed by atoms with E-state index in [-0.39, 0.29) is 18.9 Å². The van der Waals surface area contributed by atoms with E-state index >= 15 is 0 Å². The molecule has 21 heavy (non-hydrogen) atoms. The first-order chi connectivity index (χ1) is 9.74. The summed E-state index contributed by atoms with van der Waals surface area (Å²) >= 11 is 0. The van der Waals surface area contributed by atoms with E-state index in [9.17, 15) is 0 Å². The van der Waals surface area contributed by atoms with Crippen LogP contribution in [0.3, 0.4) is 0 Å². The Morgan fingerprint density at radius 1 is 0.810 bits per heavy atom. The van der Waals surface area contributed by atoms with Crippen molar-refractivity contribution in [3.05, 3.63) is 18.6 Å². The zero-order chi connectivity index (χ0) is 15.1. The molecule has 0 saturated heterocycles. The second kappa shape index (κ2) is 18.2. The summed E-state index contributed by atoms with van der Waals surface area (Å²) in [6.45, 7) is 14.3. The van der Waals surface area contributed by atoms with E-state index in [2.05, 4.69) is 32.6 Å². The smallest absolute Gasteiger partial charge is 0.316 e. The van der Waals surface area contributed by atoms with Crippen molar-refractivity contribution in [1.82, 2.24) is 4.90 Å². The number of hydrogen-bond donors (Lipinski definition) is 0. The van der Waals surface area contributed by atoms with Gasteiger partial charge in [-0.25, -0.2) is 18.6 Å². The van der Waals surface area contributed by atoms with E-state index in [0.29, 0.717) is 0 Å². The average Bonchev–Trinajstić information content (AvgIpc) is 2.46. The first-order valence-corrected chi connectivity index (χ1v) is 8.91. The second-order valence-corrected chi connectivity index (χ2v) is 6.16. The molecular weight excluding hydrogens is 249 g/mol. The first kappa shape index (κ1) is 23.4. The molecule has 0 aromatic rings. The topological polar surface area (TPSA) is 3.24 Å². The number of allylic oxidation sites excluding steroid dienone is 1. The van der Waals surface area contributed by atoms with E-state index < -0.39 is 0 Å². The zero-order valence-electron chi connectivity index (χ0n) is 15.4. The fourth-order valence-electron chi connectivity index (χ4n) is 2.57. The number of unbranched alkanes of at least 4 members (excludes halogenated alkanes) is 8. The van der Waals surface area contributed by atoms with Gasteiger partial charge in [-0.15, -0.1) is 6.92 Å². The average molecular weight is 287 g/mol. The summed E-state index contributed by atoms with van der Waals surface area (Å²) in [4.78, 5) is 2.63. The van der Waals surface area contributed by atoms with Gasteiger partial charge in [0.2, 0.25) is 0 Å². The van der Waals surface area contributed by atoms with Gasteiger partial charge in [0.25, 0.3) is 0 Å². The fourth-order valence-corrected chi connectivity index (χ4v) is 2.57. The second-order valence-electron chi connectivity index (χ2n) is 6.16. The normalized spacial score (nSPS) is 11.7. The maximum Gasteiger partial charge on any atom is 1.00 e. The van der Waals surface area contributed by atoms with Crippen LogP contribution >= 0.6 is 0 Å². The molecule has 0 aliphatic carbocycles. The predicted molar refractivity (Wildman–Crippen MR) is 93.1 cm³/mol. The van der Waals surface area contributed by atoms with Crippen LogP contribution in [-0.2, 0) is 0 Å². The van der Waals surface area contributed by atoms with Crippen molar-refractivity contribution in [2.24, 2.45) is 0 Å². The minimum atomic E-state index is 0. The van der Waals surface area contributed by atoms with Crippen molar-refractivity contribution in [3.8, 4) is 0 Å². The summed E-state index contributed by atoms with van der Waals surface area (Å²) in [5, 5.41) is 0. The molecule has 1 nitrogen and oxygen atoms in total. The quantitative estimate of drug-likeness (QED) is 0.270. The Kier molecular flexibility index (Phi) is 20.3. The summed E-state index contributed by atoms with van der Waals surface area (Å²) in [6.07, 6.45) is 15.8. The molecule has 0 amide bonds. The number of nitrogens with zero attached hydrogens (tertiary/aromatic N) is 1. The van der Waals surface area contributed by atoms with E-state index in [1.54, 1.807) is 0 Å². The first-order valence-electron chi connectivity index (χ1n) is 8.91. The van der Waals surface area contributed by atoms with Crippen LogP contribution in [0.1, 0.15) is 85.0 Å². The number of hydrogen-bond acceptors (Lipinski definition) is 1. The van der Waals surface area contributed by atoms with Crippen LogP contribution in [0.5, 0.6) is 0 Å². The monoisotopic (exact) mass is 287 g/mol. The van der Waals surface area contributed by atoms with Gasteiger partial charge in [-0.05, 0) is 32.5 Å². The van der Waals surface area contributed by atoms with Gasteiger partial charge in [0.05, 0.1) is 0 Å². The molecule has 2 heteroatoms. The van der Waals surface area contributed by atoms with Crippen LogP contribution in [0, 0.1) is 6.92 Å². The molecule has 0 aromatic carbocycles. The Bertz CT molecular complexity index is 212. The van der Waals surface area contributed by atoms with Crippen molar-refractivity contribution < 1.29 is 18.9 Å². The largest absolute Gasteiger partial charge is 1.00 e. The predicted octanol–water partition coefficient (Wildman–Crippen LogP) is 3.01. The molecule has 120 valence electrons. The Labute approximate surface area is 147 Å². The minimum absolute atomic E-state index is 0. The van der Waals surface area contributed by atoms with E-state index in [1.807, 2.05) is 6.08 Å². The zero-order valence-corrected chi connectivity index (χ0v) is 15.4. The molecule has 0 aromatic heterocycles. The molecule has 0 bridgehead atoms. The number of rotatable bonds is 14. The Hall–Kier alpha value is 0.167. The third kappa shape index (κ3) is 16.4. The van der Waals surface area contributed by atoms with Gasteiger partial charge in [-0.2, -0.15) is 0 Å². The standard InChI is InChI=1S/C19H38N.Li/c1-5-8-10-12-14-16-20(18-19(4)7-3)17-15-13-11-9-6-2;/h7H,3,5-6,8-18H2,1-2,4H3;/q-1;+1. The SMILES string of the molecule is [CH2-]C=C(C)CN(CCCCCCC)CCCCCCC.[Li+]. The molecule has 0 fully saturated rings. The van der Waals surface area contributed by atoms with Gasteiger partial charge in [0, 0.05) is 0 Å². The van der Waals surface area contributed by atoms with Gasteiger partial charge < -0.3 is 4.90 Å². The van der Waals surface area contributed by atoms with Crippen LogP contribution in [0.4, 0.5) is 0 Å². The van der Waals surface area contributed by atoms with Crippen molar-refractivity contribution >= 4 is 0 Å². The van der Waals surface area contributed by atoms with Gasteiger partial charge in [-0.3, -0.25) is 0 Å². The maximum absolute atomic E-state index is 3.89. The molecule has 0 radical (unpaired) electrons. The fraction of sp³-hybridized carbons (Fsp3) is 0.842. The molecule has 0 spiro atoms. The van der Waals surface area contributed by atoms with E-state index in [1.165, 1.54) is 82.9 Å². The molecule has 0 heterocycles. The van der Waals surface area contributed by atoms with Crippen molar-refractivity contribution in [1.29, 1.82) is 0 Å². The van der Waals surface area contributed by atoms with Crippen molar-refractivity contribution in [3.63, 3.8) is 0 Å². The third-order valence-electron chi connectivity index (χ3n) is 3.98. The van der Waals surface area contributed by atoms with Gasteiger partial charge in [-0.1, -0.05) is 65.2 Å². The Morgan fingerprint density at radius 2 is 1.24 bits per heavy atom. The molecule has 0 N–H and O–H groups in total. The minimum Gasteiger partial charge on any atom is -0.316 e. The van der Waals surface area contributed by atoms with Crippen LogP contribution in [0.25, 0.3) is 0 Å². The van der Waals surface area contributed by atoms with Crippen molar-refractivity contribution in [2.75, 3.05) is 19.6 Å². The maximum atomic E-state index is 3.89. The Balaban J connectivity index is 0. The van der Waals surface area contributed by atoms with Crippen LogP contribution in [0.15, 0.2) is 11.6 Å². The van der Waals surface area contributed by atoms with Crippen LogP contribution in [-0.4, -0.2) is 24.5 Å². The third-order valence-corrected chi connectivity index (χ3v) is 3.98. The Morgan fingerprint density at radius 3 is 1.62 bits per heavy atom. The molecule has 0 unspecified atom stereocenters. The molecule has 0 rings (SSSR count). The van der Waals surface area contributed by atoms with Gasteiger partial charge in [0.1, 0.15) is 0 Å². The molecule has 0 aliphatic heterocycles. The van der Waals surface area contributed by atoms with E-state index in [0.717, 1.165) is 6.54 Å². The molecule has 0 saturated carbocycles. The van der Waals surface area contributed by atoms with Crippen LogP contribution < -0.4 is 18.9 Å². The van der Waals surface area contributed by atoms with Crippen LogP contribution in [0.2, 0.25) is 0 Å². The summed E-state index contributed by atoms with van der Waals surface area (Å²) in [5.74, 6) is 0. The summed E-state index contributed by atoms with van der Waals surface area (Å²) in [6, 6.07) is 0. The summed E-state index contributed by atoms with van der Waals surface area (Å²) in [7, 11) is 0. The van der Waals surface area contributed by atoms with E-state index in [4.69, 9.17) is 0 Å². The summed E-state index contributed by atoms with van der Waals surface area (Å²) in [5.41, 5.74) is 1.41. The molecular formula is C19H38LiN. The summed E-state index contributed by atoms with van der Waals surface area (Å²) < 4.78 is 0. The molecule has 0 atom stereocenters. The van der Waals surface area contributed by atoms with Gasteiger partial charge in [0.15, 0.2) is 0 Å². The van der Waals surface area contributed by atoms with Gasteiger partial charge >= 0.3 is 18.9 Å².